The van der Waals surface area contributed by atoms with Crippen LogP contribution in [-0.2, 0) is 6.42 Å². The van der Waals surface area contributed by atoms with E-state index in [-0.39, 0.29) is 0 Å². The molecule has 1 rings (SSSR count). The molecule has 1 aromatic heterocycles. The van der Waals surface area contributed by atoms with Crippen LogP contribution >= 0.6 is 27.5 Å². The highest BCUT2D eigenvalue weighted by Crippen LogP contribution is 2.07. The fraction of sp³-hybridized carbons (Fsp3) is 0.286. The van der Waals surface area contributed by atoms with Crippen LogP contribution in [0.15, 0.2) is 18.3 Å². The average molecular weight is 220 g/mol. The Balaban J connectivity index is 2.75. The Morgan fingerprint density at radius 3 is 3.00 bits per heavy atom. The summed E-state index contributed by atoms with van der Waals surface area (Å²) in [7, 11) is 0. The van der Waals surface area contributed by atoms with E-state index >= 15 is 0 Å². The molecule has 10 heavy (non-hydrogen) atoms. The van der Waals surface area contributed by atoms with Crippen molar-refractivity contribution in [3.05, 3.63) is 29.0 Å². The molecule has 0 radical (unpaired) electrons. The maximum atomic E-state index is 5.65. The number of nitrogens with zero attached hydrogens (tertiary/aromatic N) is 1. The second-order valence-corrected chi connectivity index (χ2v) is 3.11. The Kier molecular flexibility index (Phi) is 3.16. The molecule has 0 fully saturated rings. The van der Waals surface area contributed by atoms with Crippen molar-refractivity contribution >= 4 is 27.5 Å². The molecule has 1 nitrogen and oxygen atoms in total. The lowest BCUT2D eigenvalue weighted by Gasteiger charge is -1.95. The summed E-state index contributed by atoms with van der Waals surface area (Å²) in [6.45, 7) is 0. The molecular formula is C7H7BrClN. The van der Waals surface area contributed by atoms with Crippen LogP contribution < -0.4 is 0 Å². The lowest BCUT2D eigenvalue weighted by molar-refractivity contribution is 1.14. The lowest BCUT2D eigenvalue weighted by atomic mass is 10.2. The second-order valence-electron chi connectivity index (χ2n) is 1.93. The normalized spacial score (nSPS) is 9.80. The van der Waals surface area contributed by atoms with E-state index < -0.39 is 0 Å². The summed E-state index contributed by atoms with van der Waals surface area (Å²) >= 11 is 9.00. The third-order valence-electron chi connectivity index (χ3n) is 1.17. The Labute approximate surface area is 73.6 Å². The van der Waals surface area contributed by atoms with Crippen LogP contribution in [0, 0.1) is 0 Å². The third-order valence-corrected chi connectivity index (χ3v) is 1.78. The number of aryl methyl sites for hydroxylation is 1. The molecule has 0 bridgehead atoms. The maximum Gasteiger partial charge on any atom is 0.129 e. The first-order valence-corrected chi connectivity index (χ1v) is 4.49. The SMILES string of the molecule is Clc1cc(CCBr)ccn1. The van der Waals surface area contributed by atoms with Crippen molar-refractivity contribution in [2.45, 2.75) is 6.42 Å². The van der Waals surface area contributed by atoms with Gasteiger partial charge < -0.3 is 0 Å². The van der Waals surface area contributed by atoms with Crippen molar-refractivity contribution < 1.29 is 0 Å². The first kappa shape index (κ1) is 8.02. The number of hydrogen-bond acceptors (Lipinski definition) is 1. The summed E-state index contributed by atoms with van der Waals surface area (Å²) in [6.07, 6.45) is 2.72. The number of pyridine rings is 1. The predicted octanol–water partition coefficient (Wildman–Crippen LogP) is 2.67. The van der Waals surface area contributed by atoms with Gasteiger partial charge in [-0.25, -0.2) is 4.98 Å². The maximum absolute atomic E-state index is 5.65. The molecule has 0 aliphatic heterocycles. The van der Waals surface area contributed by atoms with E-state index in [9.17, 15) is 0 Å². The Morgan fingerprint density at radius 1 is 1.60 bits per heavy atom. The summed E-state index contributed by atoms with van der Waals surface area (Å²) in [5.74, 6) is 0. The summed E-state index contributed by atoms with van der Waals surface area (Å²) in [5, 5.41) is 1.53. The first-order valence-electron chi connectivity index (χ1n) is 2.99. The standard InChI is InChI=1S/C7H7BrClN/c8-3-1-6-2-4-10-7(9)5-6/h2,4-5H,1,3H2. The Morgan fingerprint density at radius 2 is 2.40 bits per heavy atom. The van der Waals surface area contributed by atoms with Gasteiger partial charge in [-0.05, 0) is 24.1 Å². The van der Waals surface area contributed by atoms with Crippen LogP contribution in [-0.4, -0.2) is 10.3 Å². The molecule has 1 heterocycles. The molecule has 0 amide bonds. The highest BCUT2D eigenvalue weighted by molar-refractivity contribution is 9.09. The molecule has 1 aromatic rings. The summed E-state index contributed by atoms with van der Waals surface area (Å²) in [6, 6.07) is 3.84. The molecule has 0 atom stereocenters. The molecule has 0 aromatic carbocycles. The third kappa shape index (κ3) is 2.27. The van der Waals surface area contributed by atoms with Crippen LogP contribution in [0.4, 0.5) is 0 Å². The van der Waals surface area contributed by atoms with Crippen molar-refractivity contribution in [3.8, 4) is 0 Å². The average Bonchev–Trinajstić information content (AvgIpc) is 1.88. The van der Waals surface area contributed by atoms with E-state index in [0.717, 1.165) is 11.8 Å². The van der Waals surface area contributed by atoms with Crippen molar-refractivity contribution in [2.75, 3.05) is 5.33 Å². The number of halogens is 2. The van der Waals surface area contributed by atoms with Gasteiger partial charge in [0.1, 0.15) is 5.15 Å². The van der Waals surface area contributed by atoms with Gasteiger partial charge in [-0.3, -0.25) is 0 Å². The predicted molar refractivity (Wildman–Crippen MR) is 46.7 cm³/mol. The summed E-state index contributed by atoms with van der Waals surface area (Å²) < 4.78 is 0. The van der Waals surface area contributed by atoms with E-state index in [4.69, 9.17) is 11.6 Å². The van der Waals surface area contributed by atoms with Gasteiger partial charge in [0.2, 0.25) is 0 Å². The van der Waals surface area contributed by atoms with Crippen molar-refractivity contribution in [1.82, 2.24) is 4.98 Å². The van der Waals surface area contributed by atoms with E-state index in [1.54, 1.807) is 6.20 Å². The highest BCUT2D eigenvalue weighted by Gasteiger charge is 1.91. The van der Waals surface area contributed by atoms with Gasteiger partial charge in [0, 0.05) is 11.5 Å². The molecule has 0 spiro atoms. The van der Waals surface area contributed by atoms with E-state index in [2.05, 4.69) is 20.9 Å². The molecular weight excluding hydrogens is 213 g/mol. The minimum Gasteiger partial charge on any atom is -0.245 e. The Bertz CT molecular complexity index is 215. The van der Waals surface area contributed by atoms with Crippen molar-refractivity contribution in [1.29, 1.82) is 0 Å². The van der Waals surface area contributed by atoms with Crippen LogP contribution in [0.5, 0.6) is 0 Å². The van der Waals surface area contributed by atoms with Crippen LogP contribution in [0.1, 0.15) is 5.56 Å². The van der Waals surface area contributed by atoms with Gasteiger partial charge >= 0.3 is 0 Å². The topological polar surface area (TPSA) is 12.9 Å². The van der Waals surface area contributed by atoms with Crippen LogP contribution in [0.25, 0.3) is 0 Å². The van der Waals surface area contributed by atoms with Crippen LogP contribution in [0.2, 0.25) is 5.15 Å². The van der Waals surface area contributed by atoms with Gasteiger partial charge in [0.25, 0.3) is 0 Å². The fourth-order valence-electron chi connectivity index (χ4n) is 0.707. The zero-order valence-electron chi connectivity index (χ0n) is 5.35. The molecule has 0 saturated carbocycles. The number of alkyl halides is 1. The lowest BCUT2D eigenvalue weighted by Crippen LogP contribution is -1.85. The minimum atomic E-state index is 0.568. The molecule has 0 unspecified atom stereocenters. The largest absolute Gasteiger partial charge is 0.245 e. The van der Waals surface area contributed by atoms with Gasteiger partial charge in [0.15, 0.2) is 0 Å². The fourth-order valence-corrected chi connectivity index (χ4v) is 1.36. The minimum absolute atomic E-state index is 0.568. The quantitative estimate of drug-likeness (QED) is 0.552. The van der Waals surface area contributed by atoms with Crippen LogP contribution in [0.3, 0.4) is 0 Å². The van der Waals surface area contributed by atoms with Crippen molar-refractivity contribution in [2.24, 2.45) is 0 Å². The summed E-state index contributed by atoms with van der Waals surface area (Å²) in [5.41, 5.74) is 1.22. The van der Waals surface area contributed by atoms with Gasteiger partial charge in [-0.2, -0.15) is 0 Å². The molecule has 0 aliphatic carbocycles. The van der Waals surface area contributed by atoms with E-state index in [1.807, 2.05) is 12.1 Å². The molecule has 0 N–H and O–H groups in total. The van der Waals surface area contributed by atoms with E-state index in [0.29, 0.717) is 5.15 Å². The zero-order chi connectivity index (χ0) is 7.40. The summed E-state index contributed by atoms with van der Waals surface area (Å²) in [4.78, 5) is 3.87. The second kappa shape index (κ2) is 3.94. The first-order chi connectivity index (χ1) is 4.83. The number of aromatic nitrogens is 1. The molecule has 54 valence electrons. The van der Waals surface area contributed by atoms with E-state index in [1.165, 1.54) is 5.56 Å². The van der Waals surface area contributed by atoms with Gasteiger partial charge in [-0.15, -0.1) is 0 Å². The molecule has 0 saturated heterocycles. The van der Waals surface area contributed by atoms with Gasteiger partial charge in [0.05, 0.1) is 0 Å². The Hall–Kier alpha value is -0.0800. The number of hydrogen-bond donors (Lipinski definition) is 0. The smallest absolute Gasteiger partial charge is 0.129 e. The molecule has 3 heteroatoms. The number of rotatable bonds is 2. The van der Waals surface area contributed by atoms with Gasteiger partial charge in [-0.1, -0.05) is 27.5 Å². The highest BCUT2D eigenvalue weighted by atomic mass is 79.9. The van der Waals surface area contributed by atoms with Crippen molar-refractivity contribution in [3.63, 3.8) is 0 Å². The molecule has 0 aliphatic rings. The zero-order valence-corrected chi connectivity index (χ0v) is 7.69. The monoisotopic (exact) mass is 219 g/mol.